The van der Waals surface area contributed by atoms with Gasteiger partial charge in [-0.15, -0.1) is 0 Å². The summed E-state index contributed by atoms with van der Waals surface area (Å²) in [6.07, 6.45) is -1.22. The Morgan fingerprint density at radius 3 is 2.41 bits per heavy atom. The molecule has 0 bridgehead atoms. The predicted octanol–water partition coefficient (Wildman–Crippen LogP) is 3.51. The maximum Gasteiger partial charge on any atom is 0.434 e. The number of halogens is 3. The number of rotatable bonds is 4. The van der Waals surface area contributed by atoms with Gasteiger partial charge in [-0.1, -0.05) is 13.3 Å². The van der Waals surface area contributed by atoms with E-state index in [4.69, 9.17) is 5.11 Å². The van der Waals surface area contributed by atoms with E-state index in [9.17, 15) is 22.8 Å². The fourth-order valence-corrected chi connectivity index (χ4v) is 3.34. The molecule has 1 fully saturated rings. The maximum atomic E-state index is 13.3. The van der Waals surface area contributed by atoms with E-state index in [0.29, 0.717) is 22.4 Å². The van der Waals surface area contributed by atoms with Gasteiger partial charge in [0.15, 0.2) is 5.69 Å². The molecule has 0 radical (unpaired) electrons. The van der Waals surface area contributed by atoms with Gasteiger partial charge in [0.25, 0.3) is 5.91 Å². The van der Waals surface area contributed by atoms with E-state index in [-0.39, 0.29) is 17.6 Å². The first kappa shape index (κ1) is 18.9. The number of amides is 1. The lowest BCUT2D eigenvalue weighted by molar-refractivity contribution is -0.143. The summed E-state index contributed by atoms with van der Waals surface area (Å²) in [4.78, 5) is 23.4. The summed E-state index contributed by atoms with van der Waals surface area (Å²) in [5.74, 6) is -1.61. The Morgan fingerprint density at radius 2 is 1.89 bits per heavy atom. The monoisotopic (exact) mass is 381 g/mol. The van der Waals surface area contributed by atoms with Crippen LogP contribution in [0.1, 0.15) is 52.6 Å². The Hall–Kier alpha value is -2.84. The molecule has 0 spiro atoms. The van der Waals surface area contributed by atoms with Gasteiger partial charge >= 0.3 is 12.1 Å². The van der Waals surface area contributed by atoms with Crippen LogP contribution in [0, 0.1) is 5.92 Å². The normalized spacial score (nSPS) is 19.9. The largest absolute Gasteiger partial charge is 0.478 e. The molecule has 1 aliphatic carbocycles. The maximum absolute atomic E-state index is 13.3. The highest BCUT2D eigenvalue weighted by atomic mass is 19.4. The van der Waals surface area contributed by atoms with Crippen molar-refractivity contribution < 1.29 is 27.9 Å². The minimum Gasteiger partial charge on any atom is -0.478 e. The number of aromatic nitrogens is 2. The number of aromatic carboxylic acids is 1. The number of nitrogens with zero attached hydrogens (tertiary/aromatic N) is 2. The Labute approximate surface area is 153 Å². The summed E-state index contributed by atoms with van der Waals surface area (Å²) in [5.41, 5.74) is -1.97. The molecule has 0 aliphatic heterocycles. The highest BCUT2D eigenvalue weighted by molar-refractivity contribution is 5.94. The molecule has 2 atom stereocenters. The number of carboxylic acid groups (broad SMARTS) is 1. The Kier molecular flexibility index (Phi) is 4.95. The van der Waals surface area contributed by atoms with E-state index in [2.05, 4.69) is 17.3 Å². The van der Waals surface area contributed by atoms with Crippen LogP contribution in [0.25, 0.3) is 5.69 Å². The zero-order valence-corrected chi connectivity index (χ0v) is 14.5. The molecule has 144 valence electrons. The molecule has 9 heteroatoms. The second-order valence-electron chi connectivity index (χ2n) is 6.66. The second kappa shape index (κ2) is 7.05. The first-order valence-electron chi connectivity index (χ1n) is 8.48. The number of hydrogen-bond acceptors (Lipinski definition) is 3. The van der Waals surface area contributed by atoms with Crippen molar-refractivity contribution in [3.63, 3.8) is 0 Å². The van der Waals surface area contributed by atoms with Crippen LogP contribution in [-0.2, 0) is 6.18 Å². The van der Waals surface area contributed by atoms with Gasteiger partial charge in [-0.05, 0) is 43.0 Å². The van der Waals surface area contributed by atoms with Gasteiger partial charge in [0.1, 0.15) is 5.56 Å². The van der Waals surface area contributed by atoms with Gasteiger partial charge < -0.3 is 10.4 Å². The van der Waals surface area contributed by atoms with Crippen molar-refractivity contribution in [2.45, 2.75) is 38.4 Å². The van der Waals surface area contributed by atoms with Crippen LogP contribution in [0.5, 0.6) is 0 Å². The van der Waals surface area contributed by atoms with Crippen molar-refractivity contribution in [3.05, 3.63) is 47.3 Å². The molecule has 1 aromatic heterocycles. The Bertz CT molecular complexity index is 859. The summed E-state index contributed by atoms with van der Waals surface area (Å²) >= 11 is 0. The first-order chi connectivity index (χ1) is 12.7. The van der Waals surface area contributed by atoms with Crippen molar-refractivity contribution >= 4 is 11.9 Å². The molecule has 1 aliphatic rings. The topological polar surface area (TPSA) is 84.2 Å². The molecular formula is C18H18F3N3O3. The first-order valence-corrected chi connectivity index (χ1v) is 8.48. The number of carbonyl (C=O) groups excluding carboxylic acids is 1. The van der Waals surface area contributed by atoms with E-state index in [1.54, 1.807) is 0 Å². The minimum atomic E-state index is -4.89. The van der Waals surface area contributed by atoms with Crippen molar-refractivity contribution in [2.24, 2.45) is 5.92 Å². The number of alkyl halides is 3. The van der Waals surface area contributed by atoms with Gasteiger partial charge in [-0.25, -0.2) is 9.48 Å². The molecule has 3 rings (SSSR count). The smallest absolute Gasteiger partial charge is 0.434 e. The average molecular weight is 381 g/mol. The molecule has 2 unspecified atom stereocenters. The van der Waals surface area contributed by atoms with Crippen molar-refractivity contribution in [2.75, 3.05) is 0 Å². The lowest BCUT2D eigenvalue weighted by Gasteiger charge is -2.17. The summed E-state index contributed by atoms with van der Waals surface area (Å²) in [7, 11) is 0. The minimum absolute atomic E-state index is 0.0145. The number of nitrogens with one attached hydrogen (secondary N) is 1. The van der Waals surface area contributed by atoms with Gasteiger partial charge in [-0.3, -0.25) is 4.79 Å². The summed E-state index contributed by atoms with van der Waals surface area (Å²) in [6, 6.07) is 5.50. The third kappa shape index (κ3) is 3.81. The van der Waals surface area contributed by atoms with Crippen LogP contribution in [0.4, 0.5) is 13.2 Å². The molecule has 1 amide bonds. The molecule has 2 aromatic rings. The molecule has 6 nitrogen and oxygen atoms in total. The van der Waals surface area contributed by atoms with Crippen LogP contribution in [0.2, 0.25) is 0 Å². The Morgan fingerprint density at radius 1 is 1.22 bits per heavy atom. The van der Waals surface area contributed by atoms with E-state index in [1.807, 2.05) is 0 Å². The molecule has 1 aromatic carbocycles. The van der Waals surface area contributed by atoms with Crippen LogP contribution in [0.15, 0.2) is 30.5 Å². The van der Waals surface area contributed by atoms with E-state index in [0.717, 1.165) is 19.3 Å². The second-order valence-corrected chi connectivity index (χ2v) is 6.66. The van der Waals surface area contributed by atoms with Crippen LogP contribution in [-0.4, -0.2) is 32.8 Å². The quantitative estimate of drug-likeness (QED) is 0.849. The van der Waals surface area contributed by atoms with Gasteiger partial charge in [-0.2, -0.15) is 18.3 Å². The third-order valence-corrected chi connectivity index (χ3v) is 4.82. The fraction of sp³-hybridized carbons (Fsp3) is 0.389. The fourth-order valence-electron chi connectivity index (χ4n) is 3.34. The molecule has 1 heterocycles. The van der Waals surface area contributed by atoms with Gasteiger partial charge in [0, 0.05) is 11.6 Å². The lowest BCUT2D eigenvalue weighted by Crippen LogP contribution is -2.36. The highest BCUT2D eigenvalue weighted by Gasteiger charge is 2.40. The average Bonchev–Trinajstić information content (AvgIpc) is 3.21. The predicted molar refractivity (Wildman–Crippen MR) is 89.8 cm³/mol. The van der Waals surface area contributed by atoms with Crippen LogP contribution in [0.3, 0.4) is 0 Å². The highest BCUT2D eigenvalue weighted by Crippen LogP contribution is 2.33. The molecule has 27 heavy (non-hydrogen) atoms. The van der Waals surface area contributed by atoms with Crippen molar-refractivity contribution in [1.29, 1.82) is 0 Å². The van der Waals surface area contributed by atoms with Gasteiger partial charge in [0.05, 0.1) is 11.9 Å². The molecule has 0 saturated heterocycles. The van der Waals surface area contributed by atoms with E-state index in [1.165, 1.54) is 24.3 Å². The standard InChI is InChI=1S/C18H18F3N3O3/c1-10-3-2-4-14(10)23-16(25)11-5-7-12(8-6-11)24-15(18(19,20)21)13(9-22-24)17(26)27/h5-10,14H,2-4H2,1H3,(H,23,25)(H,26,27). The van der Waals surface area contributed by atoms with Gasteiger partial charge in [0.2, 0.25) is 0 Å². The molecule has 2 N–H and O–H groups in total. The summed E-state index contributed by atoms with van der Waals surface area (Å²) in [5, 5.41) is 15.5. The Balaban J connectivity index is 1.86. The number of carboxylic acids is 1. The molecular weight excluding hydrogens is 363 g/mol. The van der Waals surface area contributed by atoms with E-state index >= 15 is 0 Å². The zero-order chi connectivity index (χ0) is 19.8. The van der Waals surface area contributed by atoms with Crippen molar-refractivity contribution in [1.82, 2.24) is 15.1 Å². The van der Waals surface area contributed by atoms with Crippen LogP contribution >= 0.6 is 0 Å². The SMILES string of the molecule is CC1CCCC1NC(=O)c1ccc(-n2ncc(C(=O)O)c2C(F)(F)F)cc1. The zero-order valence-electron chi connectivity index (χ0n) is 14.5. The summed E-state index contributed by atoms with van der Waals surface area (Å²) < 4.78 is 40.3. The summed E-state index contributed by atoms with van der Waals surface area (Å²) in [6.45, 7) is 2.07. The number of carbonyl (C=O) groups is 2. The lowest BCUT2D eigenvalue weighted by atomic mass is 10.1. The van der Waals surface area contributed by atoms with Crippen molar-refractivity contribution in [3.8, 4) is 5.69 Å². The molecule has 1 saturated carbocycles. The van der Waals surface area contributed by atoms with E-state index < -0.39 is 23.4 Å². The third-order valence-electron chi connectivity index (χ3n) is 4.82. The number of hydrogen-bond donors (Lipinski definition) is 2. The number of benzene rings is 1. The van der Waals surface area contributed by atoms with Crippen LogP contribution < -0.4 is 5.32 Å².